The number of benzene rings is 3. The Balaban J connectivity index is 1.53. The lowest BCUT2D eigenvalue weighted by atomic mass is 10.0. The van der Waals surface area contributed by atoms with Gasteiger partial charge in [0.1, 0.15) is 5.82 Å². The molecule has 4 rings (SSSR count). The van der Waals surface area contributed by atoms with Crippen LogP contribution in [0.2, 0.25) is 0 Å². The van der Waals surface area contributed by atoms with Crippen LogP contribution in [0.25, 0.3) is 11.1 Å². The molecule has 0 saturated carbocycles. The SMILES string of the molecule is Nc1cc(OC(=O)c2ccc(-c3ccccc3)cc2)nn1S(=O)(=O)c1ccc(C(F)(F)F)cc1. The van der Waals surface area contributed by atoms with Crippen molar-refractivity contribution >= 4 is 21.8 Å². The molecule has 0 spiro atoms. The van der Waals surface area contributed by atoms with Gasteiger partial charge in [-0.05, 0) is 47.5 Å². The molecule has 4 aromatic rings. The molecule has 0 aliphatic carbocycles. The number of nitrogens with zero attached hydrogens (tertiary/aromatic N) is 2. The molecule has 0 atom stereocenters. The number of hydrogen-bond acceptors (Lipinski definition) is 6. The first-order valence-corrected chi connectivity index (χ1v) is 11.2. The van der Waals surface area contributed by atoms with Crippen LogP contribution >= 0.6 is 0 Å². The van der Waals surface area contributed by atoms with Crippen LogP contribution in [0.3, 0.4) is 0 Å². The second-order valence-corrected chi connectivity index (χ2v) is 8.88. The predicted octanol–water partition coefficient (Wildman–Crippen LogP) is 4.61. The second-order valence-electron chi connectivity index (χ2n) is 7.11. The van der Waals surface area contributed by atoms with Gasteiger partial charge in [0.05, 0.1) is 16.0 Å². The minimum atomic E-state index is -4.62. The summed E-state index contributed by atoms with van der Waals surface area (Å²) in [4.78, 5) is 12.0. The molecule has 1 aromatic heterocycles. The first-order valence-electron chi connectivity index (χ1n) is 9.72. The van der Waals surface area contributed by atoms with E-state index in [9.17, 15) is 26.4 Å². The number of alkyl halides is 3. The Labute approximate surface area is 192 Å². The van der Waals surface area contributed by atoms with Gasteiger partial charge in [-0.2, -0.15) is 21.6 Å². The molecule has 0 aliphatic heterocycles. The number of ether oxygens (including phenoxy) is 1. The normalized spacial score (nSPS) is 11.9. The standard InChI is InChI=1S/C23H16F3N3O4S/c24-23(25,26)18-10-12-19(13-11-18)34(31,32)29-20(27)14-21(28-29)33-22(30)17-8-6-16(7-9-17)15-4-2-1-3-5-15/h1-14H,27H2. The van der Waals surface area contributed by atoms with Gasteiger partial charge in [-0.3, -0.25) is 0 Å². The fourth-order valence-corrected chi connectivity index (χ4v) is 4.30. The number of carbonyl (C=O) groups excluding carboxylic acids is 1. The highest BCUT2D eigenvalue weighted by molar-refractivity contribution is 7.90. The second kappa shape index (κ2) is 8.67. The Hall–Kier alpha value is -4.12. The number of rotatable bonds is 5. The number of halogens is 3. The number of aromatic nitrogens is 2. The largest absolute Gasteiger partial charge is 0.416 e. The Morgan fingerprint density at radius 1 is 0.882 bits per heavy atom. The van der Waals surface area contributed by atoms with Crippen molar-refractivity contribution in [2.45, 2.75) is 11.1 Å². The smallest absolute Gasteiger partial charge is 0.402 e. The number of carbonyl (C=O) groups is 1. The molecule has 11 heteroatoms. The highest BCUT2D eigenvalue weighted by Gasteiger charge is 2.31. The Kier molecular flexibility index (Phi) is 5.88. The third-order valence-electron chi connectivity index (χ3n) is 4.81. The molecular formula is C23H16F3N3O4S. The van der Waals surface area contributed by atoms with E-state index < -0.39 is 32.6 Å². The van der Waals surface area contributed by atoms with Crippen LogP contribution in [0, 0.1) is 0 Å². The molecule has 0 amide bonds. The number of nitrogen functional groups attached to an aromatic ring is 1. The highest BCUT2D eigenvalue weighted by Crippen LogP contribution is 2.30. The van der Waals surface area contributed by atoms with Crippen LogP contribution in [0.5, 0.6) is 5.88 Å². The topological polar surface area (TPSA) is 104 Å². The molecular weight excluding hydrogens is 471 g/mol. The summed E-state index contributed by atoms with van der Waals surface area (Å²) in [6.45, 7) is 0. The van der Waals surface area contributed by atoms with Crippen molar-refractivity contribution < 1.29 is 31.1 Å². The summed E-state index contributed by atoms with van der Waals surface area (Å²) >= 11 is 0. The van der Waals surface area contributed by atoms with Crippen LogP contribution in [0.15, 0.2) is 89.8 Å². The van der Waals surface area contributed by atoms with Crippen molar-refractivity contribution in [1.82, 2.24) is 9.19 Å². The first kappa shape index (κ1) is 23.1. The maximum atomic E-state index is 12.8. The molecule has 1 heterocycles. The predicted molar refractivity (Wildman–Crippen MR) is 118 cm³/mol. The minimum absolute atomic E-state index is 0.193. The molecule has 3 aromatic carbocycles. The van der Waals surface area contributed by atoms with E-state index in [4.69, 9.17) is 10.5 Å². The first-order chi connectivity index (χ1) is 16.1. The minimum Gasteiger partial charge on any atom is -0.402 e. The van der Waals surface area contributed by atoms with Crippen LogP contribution in [-0.4, -0.2) is 23.6 Å². The maximum Gasteiger partial charge on any atom is 0.416 e. The molecule has 2 N–H and O–H groups in total. The molecule has 0 unspecified atom stereocenters. The van der Waals surface area contributed by atoms with E-state index in [-0.39, 0.29) is 17.3 Å². The van der Waals surface area contributed by atoms with E-state index in [0.29, 0.717) is 16.2 Å². The van der Waals surface area contributed by atoms with Gasteiger partial charge in [-0.1, -0.05) is 42.5 Å². The van der Waals surface area contributed by atoms with E-state index in [0.717, 1.165) is 29.3 Å². The lowest BCUT2D eigenvalue weighted by Crippen LogP contribution is -2.17. The zero-order chi connectivity index (χ0) is 24.5. The van der Waals surface area contributed by atoms with E-state index in [1.54, 1.807) is 24.3 Å². The van der Waals surface area contributed by atoms with Crippen molar-refractivity contribution in [1.29, 1.82) is 0 Å². The van der Waals surface area contributed by atoms with Crippen molar-refractivity contribution in [2.24, 2.45) is 0 Å². The Morgan fingerprint density at radius 3 is 2.06 bits per heavy atom. The van der Waals surface area contributed by atoms with Gasteiger partial charge in [0.15, 0.2) is 0 Å². The zero-order valence-corrected chi connectivity index (χ0v) is 18.0. The molecule has 0 bridgehead atoms. The summed E-state index contributed by atoms with van der Waals surface area (Å²) in [5.74, 6) is -1.57. The summed E-state index contributed by atoms with van der Waals surface area (Å²) in [6.07, 6.45) is -4.62. The molecule has 0 saturated heterocycles. The molecule has 0 aliphatic rings. The van der Waals surface area contributed by atoms with Crippen LogP contribution in [-0.2, 0) is 16.2 Å². The summed E-state index contributed by atoms with van der Waals surface area (Å²) in [5.41, 5.74) is 6.74. The Bertz CT molecular complexity index is 1430. The zero-order valence-electron chi connectivity index (χ0n) is 17.2. The summed E-state index contributed by atoms with van der Waals surface area (Å²) < 4.78 is 69.3. The molecule has 34 heavy (non-hydrogen) atoms. The van der Waals surface area contributed by atoms with Crippen LogP contribution in [0.1, 0.15) is 15.9 Å². The summed E-state index contributed by atoms with van der Waals surface area (Å²) in [5, 5.41) is 3.70. The molecule has 0 fully saturated rings. The lowest BCUT2D eigenvalue weighted by Gasteiger charge is -2.09. The highest BCUT2D eigenvalue weighted by atomic mass is 32.2. The average molecular weight is 487 g/mol. The van der Waals surface area contributed by atoms with Gasteiger partial charge in [0.2, 0.25) is 5.88 Å². The van der Waals surface area contributed by atoms with Gasteiger partial charge in [0.25, 0.3) is 10.0 Å². The molecule has 174 valence electrons. The van der Waals surface area contributed by atoms with Crippen molar-refractivity contribution in [3.63, 3.8) is 0 Å². The number of anilines is 1. The quantitative estimate of drug-likeness (QED) is 0.413. The van der Waals surface area contributed by atoms with Gasteiger partial charge < -0.3 is 10.5 Å². The van der Waals surface area contributed by atoms with E-state index >= 15 is 0 Å². The number of hydrogen-bond donors (Lipinski definition) is 1. The fraction of sp³-hybridized carbons (Fsp3) is 0.0435. The molecule has 7 nitrogen and oxygen atoms in total. The summed E-state index contributed by atoms with van der Waals surface area (Å²) in [6, 6.07) is 19.9. The molecule has 0 radical (unpaired) electrons. The number of esters is 1. The van der Waals surface area contributed by atoms with Gasteiger partial charge in [-0.15, -0.1) is 9.19 Å². The van der Waals surface area contributed by atoms with E-state index in [1.165, 1.54) is 0 Å². The van der Waals surface area contributed by atoms with Crippen molar-refractivity contribution in [3.8, 4) is 17.0 Å². The summed E-state index contributed by atoms with van der Waals surface area (Å²) in [7, 11) is -4.43. The van der Waals surface area contributed by atoms with Gasteiger partial charge in [-0.25, -0.2) is 4.79 Å². The van der Waals surface area contributed by atoms with Crippen LogP contribution < -0.4 is 10.5 Å². The third kappa shape index (κ3) is 4.64. The van der Waals surface area contributed by atoms with Gasteiger partial charge >= 0.3 is 12.1 Å². The number of nitrogens with two attached hydrogens (primary N) is 1. The average Bonchev–Trinajstić information content (AvgIpc) is 3.20. The van der Waals surface area contributed by atoms with Crippen molar-refractivity contribution in [3.05, 3.63) is 96.1 Å². The van der Waals surface area contributed by atoms with Gasteiger partial charge in [0, 0.05) is 6.07 Å². The van der Waals surface area contributed by atoms with E-state index in [2.05, 4.69) is 5.10 Å². The maximum absolute atomic E-state index is 12.8. The lowest BCUT2D eigenvalue weighted by molar-refractivity contribution is -0.137. The van der Waals surface area contributed by atoms with Crippen molar-refractivity contribution in [2.75, 3.05) is 5.73 Å². The monoisotopic (exact) mass is 487 g/mol. The van der Waals surface area contributed by atoms with Crippen LogP contribution in [0.4, 0.5) is 19.0 Å². The third-order valence-corrected chi connectivity index (χ3v) is 6.43. The Morgan fingerprint density at radius 2 is 1.47 bits per heavy atom. The fourth-order valence-electron chi connectivity index (χ4n) is 3.10. The van der Waals surface area contributed by atoms with E-state index in [1.807, 2.05) is 30.3 Å².